The number of benzene rings is 2. The number of aryl methyl sites for hydroxylation is 2. The summed E-state index contributed by atoms with van der Waals surface area (Å²) >= 11 is 23.9. The molecule has 0 radical (unpaired) electrons. The smallest absolute Gasteiger partial charge is 0.337 e. The predicted molar refractivity (Wildman–Crippen MR) is 251 cm³/mol. The number of sulfonamides is 2. The van der Waals surface area contributed by atoms with Crippen LogP contribution >= 0.6 is 46.4 Å². The molecule has 4 aromatic heterocycles. The van der Waals surface area contributed by atoms with Gasteiger partial charge in [0.05, 0.1) is 58.5 Å². The van der Waals surface area contributed by atoms with Crippen LogP contribution in [0.3, 0.4) is 0 Å². The molecule has 0 unspecified atom stereocenters. The number of fused-ring (bicyclic) bond motifs is 2. The van der Waals surface area contributed by atoms with E-state index in [9.17, 15) is 26.4 Å². The molecule has 6 heterocycles. The van der Waals surface area contributed by atoms with Gasteiger partial charge in [-0.1, -0.05) is 60.3 Å². The fourth-order valence-electron chi connectivity index (χ4n) is 7.05. The monoisotopic (exact) mass is 996 g/mol. The molecule has 0 saturated carbocycles. The summed E-state index contributed by atoms with van der Waals surface area (Å²) in [6, 6.07) is 12.3. The molecule has 2 aromatic carbocycles. The largest absolute Gasteiger partial charge is 0.478 e. The van der Waals surface area contributed by atoms with Crippen molar-refractivity contribution in [3.8, 4) is 0 Å². The zero-order valence-electron chi connectivity index (χ0n) is 34.4. The number of nitrogens with one attached hydrogen (secondary N) is 3. The number of carbonyl (C=O) groups is 2. The Morgan fingerprint density at radius 3 is 1.73 bits per heavy atom. The molecule has 2 aliphatic heterocycles. The third-order valence-corrected chi connectivity index (χ3v) is 12.4. The van der Waals surface area contributed by atoms with E-state index in [1.807, 2.05) is 36.7 Å². The average molecular weight is 999 g/mol. The highest BCUT2D eigenvalue weighted by molar-refractivity contribution is 7.92. The second-order valence-electron chi connectivity index (χ2n) is 15.1. The van der Waals surface area contributed by atoms with Gasteiger partial charge < -0.3 is 15.3 Å². The van der Waals surface area contributed by atoms with Crippen molar-refractivity contribution in [1.29, 1.82) is 0 Å². The van der Waals surface area contributed by atoms with Gasteiger partial charge in [-0.25, -0.2) is 40.6 Å². The first kappa shape index (κ1) is 50.2. The van der Waals surface area contributed by atoms with E-state index in [0.29, 0.717) is 39.3 Å². The van der Waals surface area contributed by atoms with Gasteiger partial charge in [0.25, 0.3) is 5.91 Å². The van der Waals surface area contributed by atoms with Gasteiger partial charge in [-0.05, 0) is 88.9 Å². The number of amides is 1. The molecule has 2 fully saturated rings. The van der Waals surface area contributed by atoms with Crippen molar-refractivity contribution in [2.75, 3.05) is 35.0 Å². The van der Waals surface area contributed by atoms with Gasteiger partial charge in [0.2, 0.25) is 20.0 Å². The van der Waals surface area contributed by atoms with Gasteiger partial charge in [-0.15, -0.1) is 0 Å². The molecule has 0 aliphatic carbocycles. The lowest BCUT2D eigenvalue weighted by atomic mass is 9.98. The van der Waals surface area contributed by atoms with Crippen molar-refractivity contribution < 1.29 is 31.5 Å². The first-order valence-corrected chi connectivity index (χ1v) is 24.8. The predicted octanol–water partition coefficient (Wildman–Crippen LogP) is 8.63. The van der Waals surface area contributed by atoms with Crippen LogP contribution in [0.4, 0.5) is 11.4 Å². The number of carboxylic acids is 1. The van der Waals surface area contributed by atoms with Crippen LogP contribution in [0.15, 0.2) is 60.9 Å². The molecular formula is C41H48Cl4N10O7S2. The number of likely N-dealkylation sites (tertiary alicyclic amines) is 1. The maximum absolute atomic E-state index is 13.5. The molecular weight excluding hydrogens is 950 g/mol. The Balaban J connectivity index is 0.000000197. The molecule has 2 atom stereocenters. The number of halogens is 4. The minimum atomic E-state index is -3.57. The topological polar surface area (TPSA) is 222 Å². The quantitative estimate of drug-likeness (QED) is 0.105. The minimum absolute atomic E-state index is 0. The fourth-order valence-corrected chi connectivity index (χ4v) is 8.82. The Morgan fingerprint density at radius 1 is 0.719 bits per heavy atom. The summed E-state index contributed by atoms with van der Waals surface area (Å²) < 4.78 is 53.4. The molecule has 1 amide bonds. The van der Waals surface area contributed by atoms with E-state index in [4.69, 9.17) is 51.5 Å². The van der Waals surface area contributed by atoms with Gasteiger partial charge in [0.1, 0.15) is 10.3 Å². The number of carboxylic acid groups (broad SMARTS) is 1. The maximum Gasteiger partial charge on any atom is 0.337 e. The highest BCUT2D eigenvalue weighted by atomic mass is 35.5. The number of nitrogens with zero attached hydrogens (tertiary/aromatic N) is 7. The highest BCUT2D eigenvalue weighted by Crippen LogP contribution is 2.34. The Hall–Kier alpha value is -4.76. The lowest BCUT2D eigenvalue weighted by molar-refractivity contribution is 0.0606. The fraction of sp³-hybridized carbons (Fsp3) is 0.366. The van der Waals surface area contributed by atoms with Crippen LogP contribution in [-0.4, -0.2) is 93.5 Å². The molecule has 64 heavy (non-hydrogen) atoms. The van der Waals surface area contributed by atoms with E-state index in [-0.39, 0.29) is 46.9 Å². The Kier molecular flexibility index (Phi) is 16.5. The number of aromatic nitrogens is 6. The van der Waals surface area contributed by atoms with Crippen LogP contribution in [0.5, 0.6) is 0 Å². The summed E-state index contributed by atoms with van der Waals surface area (Å²) in [5.74, 6) is -1.55. The minimum Gasteiger partial charge on any atom is -0.478 e. The van der Waals surface area contributed by atoms with Crippen LogP contribution in [0.1, 0.15) is 101 Å². The number of aromatic carboxylic acids is 1. The third kappa shape index (κ3) is 12.9. The SMILES string of the molecule is C.CS(=O)(=O)Nc1ccc(Cl)cc1C(=O)O.Cc1cn2nc([C@@H]3CCCCN3)cc2nc1Cl.Cc1cn2nc([C@@H]3CCCCN3C(=O)c3cc(Cl)ccc3NS(C)(=O)=O)cc2nc1Cl. The number of anilines is 2. The van der Waals surface area contributed by atoms with E-state index >= 15 is 0 Å². The van der Waals surface area contributed by atoms with Crippen molar-refractivity contribution in [2.24, 2.45) is 0 Å². The average Bonchev–Trinajstić information content (AvgIpc) is 3.82. The second-order valence-corrected chi connectivity index (χ2v) is 20.2. The Labute approximate surface area is 391 Å². The van der Waals surface area contributed by atoms with Crippen molar-refractivity contribution >= 4 is 101 Å². The maximum atomic E-state index is 13.5. The molecule has 17 nitrogen and oxygen atoms in total. The van der Waals surface area contributed by atoms with Gasteiger partial charge >= 0.3 is 5.97 Å². The van der Waals surface area contributed by atoms with Gasteiger partial charge in [-0.3, -0.25) is 14.2 Å². The Bertz CT molecular complexity index is 2830. The molecule has 23 heteroatoms. The van der Waals surface area contributed by atoms with Crippen molar-refractivity contribution in [3.63, 3.8) is 0 Å². The summed E-state index contributed by atoms with van der Waals surface area (Å²) in [6.07, 6.45) is 11.9. The molecule has 2 saturated heterocycles. The third-order valence-electron chi connectivity index (χ3n) is 9.97. The van der Waals surface area contributed by atoms with Crippen molar-refractivity contribution in [2.45, 2.75) is 71.9 Å². The van der Waals surface area contributed by atoms with E-state index in [1.54, 1.807) is 21.7 Å². The second kappa shape index (κ2) is 21.0. The first-order valence-electron chi connectivity index (χ1n) is 19.5. The zero-order valence-corrected chi connectivity index (χ0v) is 39.1. The molecule has 0 bridgehead atoms. The zero-order chi connectivity index (χ0) is 45.8. The van der Waals surface area contributed by atoms with Gasteiger partial charge in [0, 0.05) is 52.2 Å². The van der Waals surface area contributed by atoms with Crippen LogP contribution in [-0.2, 0) is 20.0 Å². The first-order chi connectivity index (χ1) is 29.7. The summed E-state index contributed by atoms with van der Waals surface area (Å²) in [5, 5.41) is 23.0. The lowest BCUT2D eigenvalue weighted by Gasteiger charge is -2.35. The molecule has 0 spiro atoms. The molecule has 2 aliphatic rings. The normalized spacial score (nSPS) is 16.5. The summed E-state index contributed by atoms with van der Waals surface area (Å²) in [4.78, 5) is 34.7. The standard InChI is InChI=1S/C20H21Cl2N5O3S.C12H15ClN4.C8H8ClNO4S.CH4/c1-12-11-27-18(23-19(12)22)10-16(24-27)17-5-3-4-8-26(17)20(28)14-9-13(21)6-7-15(14)25-31(2,29)30;1-8-7-17-11(15-12(8)13)6-10(16-17)9-4-2-3-5-14-9;1-15(13,14)10-7-3-2-5(9)4-6(7)8(11)12;/h6-7,9-11,17,25H,3-5,8H2,1-2H3;6-7,9,14H,2-5H2,1H3;2-4,10H,1H3,(H,11,12);1H4/t17-;9-;;/m00../s1. The summed E-state index contributed by atoms with van der Waals surface area (Å²) in [5.41, 5.74) is 5.16. The number of hydrogen-bond donors (Lipinski definition) is 4. The van der Waals surface area contributed by atoms with Crippen LogP contribution in [0, 0.1) is 13.8 Å². The summed E-state index contributed by atoms with van der Waals surface area (Å²) in [7, 11) is -7.07. The van der Waals surface area contributed by atoms with Crippen LogP contribution < -0.4 is 14.8 Å². The number of hydrogen-bond acceptors (Lipinski definition) is 11. The van der Waals surface area contributed by atoms with Crippen molar-refractivity contribution in [1.82, 2.24) is 39.4 Å². The number of carbonyl (C=O) groups excluding carboxylic acids is 1. The van der Waals surface area contributed by atoms with E-state index in [2.05, 4.69) is 34.9 Å². The van der Waals surface area contributed by atoms with E-state index < -0.39 is 26.0 Å². The van der Waals surface area contributed by atoms with Crippen LogP contribution in [0.2, 0.25) is 20.4 Å². The molecule has 8 rings (SSSR count). The van der Waals surface area contributed by atoms with Gasteiger partial charge in [-0.2, -0.15) is 10.2 Å². The van der Waals surface area contributed by atoms with E-state index in [1.165, 1.54) is 43.2 Å². The lowest BCUT2D eigenvalue weighted by Crippen LogP contribution is -2.39. The number of piperidine rings is 2. The number of rotatable bonds is 8. The molecule has 6 aromatic rings. The van der Waals surface area contributed by atoms with Gasteiger partial charge in [0.15, 0.2) is 11.3 Å². The Morgan fingerprint density at radius 2 is 1.22 bits per heavy atom. The highest BCUT2D eigenvalue weighted by Gasteiger charge is 2.32. The van der Waals surface area contributed by atoms with Crippen molar-refractivity contribution in [3.05, 3.63) is 115 Å². The van der Waals surface area contributed by atoms with Crippen LogP contribution in [0.25, 0.3) is 11.3 Å². The summed E-state index contributed by atoms with van der Waals surface area (Å²) in [6.45, 7) is 5.39. The van der Waals surface area contributed by atoms with E-state index in [0.717, 1.165) is 67.2 Å². The molecule has 344 valence electrons. The molecule has 4 N–H and O–H groups in total.